The molecule has 0 spiro atoms. The average Bonchev–Trinajstić information content (AvgIpc) is 3.39. The van der Waals surface area contributed by atoms with Gasteiger partial charge >= 0.3 is 13.6 Å². The first-order chi connectivity index (χ1) is 17.5. The molecule has 1 aliphatic rings. The van der Waals surface area contributed by atoms with E-state index in [1.54, 1.807) is 6.92 Å². The van der Waals surface area contributed by atoms with Crippen molar-refractivity contribution in [3.8, 4) is 0 Å². The van der Waals surface area contributed by atoms with E-state index in [9.17, 15) is 14.3 Å². The van der Waals surface area contributed by atoms with Crippen LogP contribution in [0, 0.1) is 0 Å². The third-order valence-electron chi connectivity index (χ3n) is 6.89. The molecule has 0 saturated carbocycles. The Labute approximate surface area is 221 Å². The van der Waals surface area contributed by atoms with Crippen LogP contribution < -0.4 is 0 Å². The lowest BCUT2D eigenvalue weighted by Crippen LogP contribution is -2.29. The number of hydrogen-bond acceptors (Lipinski definition) is 6. The molecule has 7 nitrogen and oxygen atoms in total. The van der Waals surface area contributed by atoms with Crippen LogP contribution in [0.4, 0.5) is 0 Å². The number of carbonyl (C=O) groups excluding carboxylic acids is 1. The van der Waals surface area contributed by atoms with E-state index in [1.165, 1.54) is 77.0 Å². The molecule has 1 N–H and O–H groups in total. The maximum atomic E-state index is 12.4. The SMILES string of the molecule is CCCCCCCCCCCCCCCCOCC(COP(=O)(O)CCN1CCCC1)OC(=O)CC. The number of unbranched alkanes of at least 4 members (excludes halogenated alkanes) is 13. The first-order valence-electron chi connectivity index (χ1n) is 14.9. The Morgan fingerprint density at radius 2 is 1.36 bits per heavy atom. The topological polar surface area (TPSA) is 85.3 Å². The van der Waals surface area contributed by atoms with Crippen molar-refractivity contribution in [2.45, 2.75) is 129 Å². The van der Waals surface area contributed by atoms with Gasteiger partial charge in [-0.25, -0.2) is 0 Å². The van der Waals surface area contributed by atoms with Crippen LogP contribution in [-0.4, -0.2) is 67.5 Å². The average molecular weight is 534 g/mol. The fraction of sp³-hybridized carbons (Fsp3) is 0.964. The minimum atomic E-state index is -3.72. The lowest BCUT2D eigenvalue weighted by Gasteiger charge is -2.21. The first kappa shape index (κ1) is 33.6. The number of esters is 1. The molecule has 8 heteroatoms. The fourth-order valence-corrected chi connectivity index (χ4v) is 5.60. The molecular weight excluding hydrogens is 477 g/mol. The van der Waals surface area contributed by atoms with E-state index >= 15 is 0 Å². The molecule has 1 heterocycles. The Bertz CT molecular complexity index is 570. The van der Waals surface area contributed by atoms with Crippen molar-refractivity contribution >= 4 is 13.6 Å². The summed E-state index contributed by atoms with van der Waals surface area (Å²) < 4.78 is 28.8. The van der Waals surface area contributed by atoms with Crippen molar-refractivity contribution in [1.82, 2.24) is 4.90 Å². The minimum absolute atomic E-state index is 0.0986. The third kappa shape index (κ3) is 19.6. The minimum Gasteiger partial charge on any atom is -0.457 e. The summed E-state index contributed by atoms with van der Waals surface area (Å²) in [6.07, 6.45) is 20.3. The number of ether oxygens (including phenoxy) is 2. The summed E-state index contributed by atoms with van der Waals surface area (Å²) in [5.74, 6) is -0.353. The summed E-state index contributed by atoms with van der Waals surface area (Å²) in [5, 5.41) is 0. The highest BCUT2D eigenvalue weighted by Gasteiger charge is 2.25. The molecule has 1 rings (SSSR count). The van der Waals surface area contributed by atoms with Crippen LogP contribution in [0.5, 0.6) is 0 Å². The van der Waals surface area contributed by atoms with Gasteiger partial charge in [-0.15, -0.1) is 0 Å². The zero-order valence-electron chi connectivity index (χ0n) is 23.4. The van der Waals surface area contributed by atoms with Gasteiger partial charge in [-0.2, -0.15) is 0 Å². The van der Waals surface area contributed by atoms with Gasteiger partial charge in [-0.05, 0) is 32.4 Å². The van der Waals surface area contributed by atoms with Crippen LogP contribution in [-0.2, 0) is 23.4 Å². The van der Waals surface area contributed by atoms with Gasteiger partial charge in [0.25, 0.3) is 0 Å². The van der Waals surface area contributed by atoms with Gasteiger partial charge in [0.05, 0.1) is 19.4 Å². The van der Waals surface area contributed by atoms with Gasteiger partial charge in [-0.1, -0.05) is 97.3 Å². The van der Waals surface area contributed by atoms with Gasteiger partial charge in [-0.3, -0.25) is 9.36 Å². The van der Waals surface area contributed by atoms with Crippen molar-refractivity contribution in [3.05, 3.63) is 0 Å². The van der Waals surface area contributed by atoms with E-state index in [2.05, 4.69) is 11.8 Å². The molecule has 214 valence electrons. The molecule has 0 aromatic carbocycles. The number of carbonyl (C=O) groups is 1. The number of nitrogens with zero attached hydrogens (tertiary/aromatic N) is 1. The van der Waals surface area contributed by atoms with Crippen LogP contribution in [0.1, 0.15) is 123 Å². The van der Waals surface area contributed by atoms with Gasteiger partial charge in [0, 0.05) is 19.6 Å². The molecule has 0 radical (unpaired) electrons. The van der Waals surface area contributed by atoms with Crippen LogP contribution in [0.3, 0.4) is 0 Å². The largest absolute Gasteiger partial charge is 0.457 e. The predicted molar refractivity (Wildman–Crippen MR) is 148 cm³/mol. The van der Waals surface area contributed by atoms with E-state index in [1.807, 2.05) is 0 Å². The zero-order chi connectivity index (χ0) is 26.3. The van der Waals surface area contributed by atoms with E-state index in [4.69, 9.17) is 14.0 Å². The third-order valence-corrected chi connectivity index (χ3v) is 8.21. The summed E-state index contributed by atoms with van der Waals surface area (Å²) in [5.41, 5.74) is 0. The molecule has 0 aliphatic carbocycles. The quantitative estimate of drug-likeness (QED) is 0.0761. The standard InChI is InChI=1S/C28H56NO6P/c1-3-5-6-7-8-9-10-11-12-13-14-15-16-19-23-33-25-27(35-28(30)4-2)26-34-36(31,32)24-22-29-20-17-18-21-29/h27H,3-26H2,1-2H3,(H,31,32). The molecule has 2 atom stereocenters. The van der Waals surface area contributed by atoms with Crippen molar-refractivity contribution in [2.24, 2.45) is 0 Å². The summed E-state index contributed by atoms with van der Waals surface area (Å²) in [6.45, 7) is 7.18. The highest BCUT2D eigenvalue weighted by Crippen LogP contribution is 2.41. The molecule has 1 fully saturated rings. The van der Waals surface area contributed by atoms with Crippen molar-refractivity contribution in [2.75, 3.05) is 45.6 Å². The van der Waals surface area contributed by atoms with Crippen LogP contribution in [0.25, 0.3) is 0 Å². The van der Waals surface area contributed by atoms with Crippen molar-refractivity contribution in [1.29, 1.82) is 0 Å². The maximum absolute atomic E-state index is 12.4. The maximum Gasteiger partial charge on any atom is 0.329 e. The molecule has 0 amide bonds. The van der Waals surface area contributed by atoms with E-state index in [0.717, 1.165) is 38.8 Å². The molecule has 0 aromatic heterocycles. The normalized spacial score (nSPS) is 16.8. The highest BCUT2D eigenvalue weighted by molar-refractivity contribution is 7.52. The Morgan fingerprint density at radius 1 is 0.833 bits per heavy atom. The Kier molecular flexibility index (Phi) is 21.0. The van der Waals surface area contributed by atoms with E-state index in [0.29, 0.717) is 13.2 Å². The van der Waals surface area contributed by atoms with Crippen LogP contribution in [0.15, 0.2) is 0 Å². The second kappa shape index (κ2) is 22.5. The van der Waals surface area contributed by atoms with Crippen LogP contribution in [0.2, 0.25) is 0 Å². The Balaban J connectivity index is 2.05. The van der Waals surface area contributed by atoms with E-state index in [-0.39, 0.29) is 31.8 Å². The van der Waals surface area contributed by atoms with Gasteiger partial charge in [0.1, 0.15) is 6.10 Å². The second-order valence-electron chi connectivity index (χ2n) is 10.3. The predicted octanol–water partition coefficient (Wildman–Crippen LogP) is 7.10. The summed E-state index contributed by atoms with van der Waals surface area (Å²) in [6, 6.07) is 0. The Morgan fingerprint density at radius 3 is 1.89 bits per heavy atom. The first-order valence-corrected chi connectivity index (χ1v) is 16.7. The molecular formula is C28H56NO6P. The Hall–Kier alpha value is -0.460. The van der Waals surface area contributed by atoms with Gasteiger partial charge in [0.2, 0.25) is 0 Å². The molecule has 36 heavy (non-hydrogen) atoms. The highest BCUT2D eigenvalue weighted by atomic mass is 31.2. The van der Waals surface area contributed by atoms with E-state index < -0.39 is 13.7 Å². The number of likely N-dealkylation sites (tertiary alicyclic amines) is 1. The molecule has 0 aromatic rings. The summed E-state index contributed by atoms with van der Waals surface area (Å²) >= 11 is 0. The molecule has 2 unspecified atom stereocenters. The van der Waals surface area contributed by atoms with Gasteiger partial charge in [0.15, 0.2) is 0 Å². The smallest absolute Gasteiger partial charge is 0.329 e. The van der Waals surface area contributed by atoms with Crippen LogP contribution >= 0.6 is 7.60 Å². The lowest BCUT2D eigenvalue weighted by atomic mass is 10.0. The lowest BCUT2D eigenvalue weighted by molar-refractivity contribution is -0.153. The number of rotatable bonds is 25. The molecule has 1 aliphatic heterocycles. The monoisotopic (exact) mass is 533 g/mol. The summed E-state index contributed by atoms with van der Waals surface area (Å²) in [7, 11) is -3.72. The summed E-state index contributed by atoms with van der Waals surface area (Å²) in [4.78, 5) is 24.1. The van der Waals surface area contributed by atoms with Crippen molar-refractivity contribution < 1.29 is 28.3 Å². The zero-order valence-corrected chi connectivity index (χ0v) is 24.3. The number of hydrogen-bond donors (Lipinski definition) is 1. The van der Waals surface area contributed by atoms with Crippen molar-refractivity contribution in [3.63, 3.8) is 0 Å². The second-order valence-corrected chi connectivity index (χ2v) is 12.3. The van der Waals surface area contributed by atoms with Gasteiger partial charge < -0.3 is 23.8 Å². The fourth-order valence-electron chi connectivity index (χ4n) is 4.54. The molecule has 0 bridgehead atoms. The molecule has 1 saturated heterocycles.